The number of hydrogen-bond acceptors (Lipinski definition) is 2. The summed E-state index contributed by atoms with van der Waals surface area (Å²) in [6.45, 7) is 0. The van der Waals surface area contributed by atoms with E-state index in [1.807, 2.05) is 4.68 Å². The molecule has 0 aromatic carbocycles. The molecular formula is C6H7N2O2+. The summed E-state index contributed by atoms with van der Waals surface area (Å²) in [6, 6.07) is 0.557. The molecule has 4 heteroatoms. The predicted octanol–water partition coefficient (Wildman–Crippen LogP) is -0.628. The molecule has 3 rings (SSSR count). The van der Waals surface area contributed by atoms with E-state index in [2.05, 4.69) is 9.79 Å². The third-order valence-electron chi connectivity index (χ3n) is 2.44. The van der Waals surface area contributed by atoms with Crippen LogP contribution in [0.5, 0.6) is 0 Å². The largest absolute Gasteiger partial charge is 0.429 e. The molecule has 1 N–H and O–H groups in total. The zero-order valence-electron chi connectivity index (χ0n) is 5.33. The minimum atomic E-state index is -0.188. The second kappa shape index (κ2) is 1.19. The Labute approximate surface area is 56.4 Å². The van der Waals surface area contributed by atoms with Crippen LogP contribution >= 0.6 is 0 Å². The lowest BCUT2D eigenvalue weighted by atomic mass is 10.3. The molecule has 0 radical (unpaired) electrons. The molecule has 52 valence electrons. The molecule has 2 atom stereocenters. The topological polar surface area (TPSA) is 49.9 Å². The zero-order valence-corrected chi connectivity index (χ0v) is 5.33. The molecule has 2 heterocycles. The Morgan fingerprint density at radius 3 is 3.40 bits per heavy atom. The van der Waals surface area contributed by atoms with Crippen LogP contribution in [0.25, 0.3) is 0 Å². The molecule has 0 saturated heterocycles. The fourth-order valence-corrected chi connectivity index (χ4v) is 1.77. The SMILES string of the molecule is O=c1o[nH][n+]2c1C[C@@H]1C[C@@H]12. The maximum Gasteiger partial charge on any atom is 0.429 e. The Kier molecular flexibility index (Phi) is 0.560. The zero-order chi connectivity index (χ0) is 6.72. The van der Waals surface area contributed by atoms with E-state index in [1.165, 1.54) is 6.42 Å². The van der Waals surface area contributed by atoms with Crippen molar-refractivity contribution in [2.75, 3.05) is 0 Å². The van der Waals surface area contributed by atoms with Gasteiger partial charge in [-0.2, -0.15) is 0 Å². The first kappa shape index (κ1) is 4.71. The maximum absolute atomic E-state index is 10.9. The van der Waals surface area contributed by atoms with Crippen LogP contribution in [0.1, 0.15) is 18.2 Å². The molecule has 4 nitrogen and oxygen atoms in total. The van der Waals surface area contributed by atoms with E-state index in [9.17, 15) is 4.79 Å². The van der Waals surface area contributed by atoms with Crippen LogP contribution in [-0.4, -0.2) is 5.27 Å². The highest BCUT2D eigenvalue weighted by Crippen LogP contribution is 2.44. The summed E-state index contributed by atoms with van der Waals surface area (Å²) >= 11 is 0. The Balaban J connectivity index is 2.33. The molecule has 1 aliphatic carbocycles. The van der Waals surface area contributed by atoms with E-state index < -0.39 is 0 Å². The molecule has 2 aliphatic rings. The average Bonchev–Trinajstić information content (AvgIpc) is 2.46. The van der Waals surface area contributed by atoms with Crippen LogP contribution in [0.3, 0.4) is 0 Å². The summed E-state index contributed by atoms with van der Waals surface area (Å²) in [5.74, 6) is 0.732. The molecule has 10 heavy (non-hydrogen) atoms. The van der Waals surface area contributed by atoms with Gasteiger partial charge in [0.05, 0.1) is 6.42 Å². The molecule has 0 spiro atoms. The molecular weight excluding hydrogens is 132 g/mol. The summed E-state index contributed by atoms with van der Waals surface area (Å²) in [6.07, 6.45) is 2.13. The van der Waals surface area contributed by atoms with E-state index in [0.29, 0.717) is 6.04 Å². The molecule has 1 aliphatic heterocycles. The summed E-state index contributed by atoms with van der Waals surface area (Å²) in [5.41, 5.74) is 0.633. The quantitative estimate of drug-likeness (QED) is 0.486. The van der Waals surface area contributed by atoms with Gasteiger partial charge in [-0.15, -0.1) is 0 Å². The highest BCUT2D eigenvalue weighted by atomic mass is 16.5. The van der Waals surface area contributed by atoms with E-state index in [-0.39, 0.29) is 5.63 Å². The molecule has 0 bridgehead atoms. The Morgan fingerprint density at radius 1 is 1.70 bits per heavy atom. The summed E-state index contributed by atoms with van der Waals surface area (Å²) in [4.78, 5) is 10.9. The van der Waals surface area contributed by atoms with Gasteiger partial charge in [0.2, 0.25) is 0 Å². The van der Waals surface area contributed by atoms with E-state index in [4.69, 9.17) is 0 Å². The van der Waals surface area contributed by atoms with Gasteiger partial charge in [-0.05, 0) is 5.27 Å². The van der Waals surface area contributed by atoms with Crippen LogP contribution in [0.4, 0.5) is 0 Å². The van der Waals surface area contributed by atoms with Crippen molar-refractivity contribution in [3.05, 3.63) is 16.1 Å². The monoisotopic (exact) mass is 139 g/mol. The molecule has 1 aromatic rings. The Morgan fingerprint density at radius 2 is 2.60 bits per heavy atom. The van der Waals surface area contributed by atoms with Gasteiger partial charge in [0, 0.05) is 12.3 Å². The van der Waals surface area contributed by atoms with Crippen LogP contribution < -0.4 is 10.3 Å². The van der Waals surface area contributed by atoms with Crippen LogP contribution in [0.2, 0.25) is 0 Å². The van der Waals surface area contributed by atoms with Crippen molar-refractivity contribution in [2.24, 2.45) is 5.92 Å². The van der Waals surface area contributed by atoms with E-state index in [0.717, 1.165) is 18.0 Å². The van der Waals surface area contributed by atoms with Crippen molar-refractivity contribution in [3.63, 3.8) is 0 Å². The number of hydrogen-bond donors (Lipinski definition) is 1. The number of aromatic nitrogens is 2. The second-order valence-electron chi connectivity index (χ2n) is 3.06. The van der Waals surface area contributed by atoms with Crippen molar-refractivity contribution in [2.45, 2.75) is 18.9 Å². The minimum absolute atomic E-state index is 0.188. The summed E-state index contributed by atoms with van der Waals surface area (Å²) in [7, 11) is 0. The first-order chi connectivity index (χ1) is 4.86. The fourth-order valence-electron chi connectivity index (χ4n) is 1.77. The van der Waals surface area contributed by atoms with Gasteiger partial charge >= 0.3 is 5.63 Å². The fraction of sp³-hybridized carbons (Fsp3) is 0.667. The van der Waals surface area contributed by atoms with Crippen molar-refractivity contribution >= 4 is 0 Å². The number of H-pyrrole nitrogens is 1. The van der Waals surface area contributed by atoms with E-state index >= 15 is 0 Å². The van der Waals surface area contributed by atoms with Crippen LogP contribution in [0, 0.1) is 5.92 Å². The van der Waals surface area contributed by atoms with Gasteiger partial charge < -0.3 is 0 Å². The number of nitrogens with one attached hydrogen (secondary N) is 1. The van der Waals surface area contributed by atoms with Crippen molar-refractivity contribution < 1.29 is 9.20 Å². The van der Waals surface area contributed by atoms with Gasteiger partial charge in [0.15, 0.2) is 6.04 Å². The summed E-state index contributed by atoms with van der Waals surface area (Å²) < 4.78 is 6.48. The average molecular weight is 139 g/mol. The third-order valence-corrected chi connectivity index (χ3v) is 2.44. The highest BCUT2D eigenvalue weighted by Gasteiger charge is 2.57. The van der Waals surface area contributed by atoms with Gasteiger partial charge in [0.25, 0.3) is 5.69 Å². The van der Waals surface area contributed by atoms with Crippen LogP contribution in [-0.2, 0) is 6.42 Å². The van der Waals surface area contributed by atoms with Crippen molar-refractivity contribution in [1.29, 1.82) is 0 Å². The summed E-state index contributed by atoms with van der Waals surface area (Å²) in [5, 5.41) is 2.61. The minimum Gasteiger partial charge on any atom is -0.283 e. The molecule has 0 amide bonds. The predicted molar refractivity (Wildman–Crippen MR) is 30.4 cm³/mol. The smallest absolute Gasteiger partial charge is 0.283 e. The van der Waals surface area contributed by atoms with Gasteiger partial charge in [-0.1, -0.05) is 4.68 Å². The lowest BCUT2D eigenvalue weighted by Gasteiger charge is -1.77. The normalized spacial score (nSPS) is 33.6. The lowest BCUT2D eigenvalue weighted by molar-refractivity contribution is -0.764. The Bertz CT molecular complexity index is 338. The highest BCUT2D eigenvalue weighted by molar-refractivity contribution is 5.00. The van der Waals surface area contributed by atoms with Gasteiger partial charge in [-0.3, -0.25) is 4.52 Å². The number of fused-ring (bicyclic) bond motifs is 3. The van der Waals surface area contributed by atoms with Crippen LogP contribution in [0.15, 0.2) is 9.32 Å². The molecule has 1 aromatic heterocycles. The molecule has 0 unspecified atom stereocenters. The first-order valence-corrected chi connectivity index (χ1v) is 3.48. The maximum atomic E-state index is 10.9. The third kappa shape index (κ3) is 0.364. The number of rotatable bonds is 0. The lowest BCUT2D eigenvalue weighted by Crippen LogP contribution is -2.36. The molecule has 1 saturated carbocycles. The van der Waals surface area contributed by atoms with Gasteiger partial charge in [0.1, 0.15) is 0 Å². The molecule has 1 fully saturated rings. The van der Waals surface area contributed by atoms with Crippen molar-refractivity contribution in [3.8, 4) is 0 Å². The number of aromatic amines is 1. The second-order valence-corrected chi connectivity index (χ2v) is 3.06. The van der Waals surface area contributed by atoms with Gasteiger partial charge in [-0.25, -0.2) is 4.79 Å². The number of nitrogens with zero attached hydrogens (tertiary/aromatic N) is 1. The van der Waals surface area contributed by atoms with Crippen molar-refractivity contribution in [1.82, 2.24) is 5.27 Å². The first-order valence-electron chi connectivity index (χ1n) is 3.48. The van der Waals surface area contributed by atoms with E-state index in [1.54, 1.807) is 0 Å². The Hall–Kier alpha value is -1.06. The standard InChI is InChI=1S/C6H6N2O2/c9-6-5-2-3-1-4(3)8(5)7-10-6/h3-4H,1-2H2/p+1/t3-,4-/m0/s1.